The van der Waals surface area contributed by atoms with Gasteiger partial charge in [0.25, 0.3) is 0 Å². The van der Waals surface area contributed by atoms with Crippen molar-refractivity contribution in [2.24, 2.45) is 10.9 Å². The summed E-state index contributed by atoms with van der Waals surface area (Å²) in [7, 11) is -1.26. The van der Waals surface area contributed by atoms with Crippen molar-refractivity contribution < 1.29 is 8.42 Å². The fourth-order valence-electron chi connectivity index (χ4n) is 3.94. The summed E-state index contributed by atoms with van der Waals surface area (Å²) in [5.41, 5.74) is 2.56. The van der Waals surface area contributed by atoms with Gasteiger partial charge in [0.1, 0.15) is 0 Å². The molecule has 2 saturated heterocycles. The van der Waals surface area contributed by atoms with Gasteiger partial charge in [-0.25, -0.2) is 12.7 Å². The van der Waals surface area contributed by atoms with E-state index in [2.05, 4.69) is 51.7 Å². The first-order chi connectivity index (χ1) is 13.3. The van der Waals surface area contributed by atoms with Gasteiger partial charge in [-0.1, -0.05) is 17.7 Å². The molecule has 0 saturated carbocycles. The van der Waals surface area contributed by atoms with Gasteiger partial charge in [0.2, 0.25) is 10.0 Å². The van der Waals surface area contributed by atoms with E-state index in [1.807, 2.05) is 0 Å². The molecule has 7 nitrogen and oxygen atoms in total. The van der Waals surface area contributed by atoms with Crippen LogP contribution in [0.4, 0.5) is 5.69 Å². The van der Waals surface area contributed by atoms with E-state index in [9.17, 15) is 8.42 Å². The molecule has 2 aliphatic rings. The lowest BCUT2D eigenvalue weighted by Crippen LogP contribution is -2.47. The smallest absolute Gasteiger partial charge is 0.211 e. The quantitative estimate of drug-likeness (QED) is 0.570. The first kappa shape index (κ1) is 20.9. The maximum atomic E-state index is 11.6. The van der Waals surface area contributed by atoms with Gasteiger partial charge in [0.05, 0.1) is 6.26 Å². The highest BCUT2D eigenvalue weighted by atomic mass is 32.2. The number of sulfonamides is 1. The van der Waals surface area contributed by atoms with Crippen LogP contribution in [0.5, 0.6) is 0 Å². The molecule has 1 aromatic rings. The molecule has 8 heteroatoms. The minimum absolute atomic E-state index is 0.375. The molecule has 0 aromatic heterocycles. The summed E-state index contributed by atoms with van der Waals surface area (Å²) in [6.45, 7) is 6.18. The largest absolute Gasteiger partial charge is 0.369 e. The van der Waals surface area contributed by atoms with Crippen LogP contribution in [0.25, 0.3) is 0 Å². The van der Waals surface area contributed by atoms with E-state index in [1.165, 1.54) is 17.5 Å². The zero-order chi connectivity index (χ0) is 20.1. The summed E-state index contributed by atoms with van der Waals surface area (Å²) >= 11 is 0. The molecule has 2 heterocycles. The van der Waals surface area contributed by atoms with Crippen LogP contribution in [0.1, 0.15) is 24.8 Å². The van der Waals surface area contributed by atoms with Crippen molar-refractivity contribution in [1.29, 1.82) is 0 Å². The van der Waals surface area contributed by atoms with E-state index in [0.29, 0.717) is 25.0 Å². The molecular weight excluding hydrogens is 374 g/mol. The number of nitrogens with one attached hydrogen (secondary N) is 2. The van der Waals surface area contributed by atoms with E-state index in [4.69, 9.17) is 0 Å². The molecule has 0 radical (unpaired) electrons. The topological polar surface area (TPSA) is 77.0 Å². The van der Waals surface area contributed by atoms with Crippen LogP contribution in [0.3, 0.4) is 0 Å². The van der Waals surface area contributed by atoms with Gasteiger partial charge in [-0.2, -0.15) is 0 Å². The number of guanidine groups is 1. The Morgan fingerprint density at radius 3 is 2.43 bits per heavy atom. The monoisotopic (exact) mass is 407 g/mol. The Balaban J connectivity index is 1.42. The fourth-order valence-corrected chi connectivity index (χ4v) is 4.82. The number of aliphatic imine (C=N–C) groups is 1. The minimum atomic E-state index is -3.06. The fraction of sp³-hybridized carbons (Fsp3) is 0.650. The third kappa shape index (κ3) is 5.61. The van der Waals surface area contributed by atoms with Crippen molar-refractivity contribution in [3.8, 4) is 0 Å². The van der Waals surface area contributed by atoms with Gasteiger partial charge >= 0.3 is 0 Å². The van der Waals surface area contributed by atoms with Crippen LogP contribution in [-0.2, 0) is 10.0 Å². The second kappa shape index (κ2) is 9.13. The third-order valence-corrected chi connectivity index (χ3v) is 7.06. The normalized spacial score (nSPS) is 22.5. The van der Waals surface area contributed by atoms with Gasteiger partial charge in [-0.3, -0.25) is 4.99 Å². The Bertz CT molecular complexity index is 770. The molecule has 2 fully saturated rings. The number of aryl methyl sites for hydroxylation is 1. The lowest BCUT2D eigenvalue weighted by atomic mass is 9.98. The highest BCUT2D eigenvalue weighted by Gasteiger charge is 2.26. The predicted molar refractivity (Wildman–Crippen MR) is 115 cm³/mol. The minimum Gasteiger partial charge on any atom is -0.369 e. The lowest BCUT2D eigenvalue weighted by molar-refractivity contribution is 0.274. The van der Waals surface area contributed by atoms with Gasteiger partial charge in [0, 0.05) is 51.5 Å². The van der Waals surface area contributed by atoms with Crippen LogP contribution in [0.15, 0.2) is 29.3 Å². The van der Waals surface area contributed by atoms with E-state index in [0.717, 1.165) is 44.9 Å². The number of piperidine rings is 1. The summed E-state index contributed by atoms with van der Waals surface area (Å²) in [4.78, 5) is 6.78. The molecule has 2 aliphatic heterocycles. The average Bonchev–Trinajstić information content (AvgIpc) is 3.14. The van der Waals surface area contributed by atoms with Crippen LogP contribution in [0.2, 0.25) is 0 Å². The molecule has 1 unspecified atom stereocenters. The highest BCUT2D eigenvalue weighted by Crippen LogP contribution is 2.21. The number of hydrogen-bond acceptors (Lipinski definition) is 4. The molecule has 0 bridgehead atoms. The third-order valence-electron chi connectivity index (χ3n) is 5.75. The molecule has 0 amide bonds. The maximum absolute atomic E-state index is 11.6. The van der Waals surface area contributed by atoms with E-state index < -0.39 is 10.0 Å². The standard InChI is InChI=1S/C20H33N5O2S/c1-16-4-6-19(7-5-16)24-11-10-18(15-24)23-20(21-2)22-14-17-8-12-25(13-9-17)28(3,26)27/h4-7,17-18H,8-15H2,1-3H3,(H2,21,22,23). The van der Waals surface area contributed by atoms with Crippen molar-refractivity contribution >= 4 is 21.7 Å². The van der Waals surface area contributed by atoms with E-state index in [1.54, 1.807) is 11.4 Å². The summed E-state index contributed by atoms with van der Waals surface area (Å²) in [5, 5.41) is 6.97. The second-order valence-electron chi connectivity index (χ2n) is 7.97. The molecule has 156 valence electrons. The summed E-state index contributed by atoms with van der Waals surface area (Å²) in [6.07, 6.45) is 4.16. The number of anilines is 1. The molecule has 28 heavy (non-hydrogen) atoms. The molecule has 0 aliphatic carbocycles. The Labute approximate surface area is 169 Å². The predicted octanol–water partition coefficient (Wildman–Crippen LogP) is 1.41. The van der Waals surface area contributed by atoms with Gasteiger partial charge in [-0.15, -0.1) is 0 Å². The Morgan fingerprint density at radius 2 is 1.82 bits per heavy atom. The van der Waals surface area contributed by atoms with Crippen LogP contribution < -0.4 is 15.5 Å². The number of hydrogen-bond donors (Lipinski definition) is 2. The van der Waals surface area contributed by atoms with Gasteiger partial charge < -0.3 is 15.5 Å². The SMILES string of the molecule is CN=C(NCC1CCN(S(C)(=O)=O)CC1)NC1CCN(c2ccc(C)cc2)C1. The van der Waals surface area contributed by atoms with Crippen LogP contribution in [-0.4, -0.2) is 70.8 Å². The van der Waals surface area contributed by atoms with Crippen LogP contribution >= 0.6 is 0 Å². The van der Waals surface area contributed by atoms with E-state index in [-0.39, 0.29) is 0 Å². The van der Waals surface area contributed by atoms with Crippen molar-refractivity contribution in [1.82, 2.24) is 14.9 Å². The zero-order valence-electron chi connectivity index (χ0n) is 17.2. The summed E-state index contributed by atoms with van der Waals surface area (Å²) < 4.78 is 24.8. The van der Waals surface area contributed by atoms with Gasteiger partial charge in [-0.05, 0) is 44.2 Å². The molecule has 0 spiro atoms. The lowest BCUT2D eigenvalue weighted by Gasteiger charge is -2.30. The van der Waals surface area contributed by atoms with E-state index >= 15 is 0 Å². The molecule has 3 rings (SSSR count). The van der Waals surface area contributed by atoms with Crippen molar-refractivity contribution in [3.05, 3.63) is 29.8 Å². The Kier molecular flexibility index (Phi) is 6.82. The highest BCUT2D eigenvalue weighted by molar-refractivity contribution is 7.88. The first-order valence-electron chi connectivity index (χ1n) is 10.1. The molecular formula is C20H33N5O2S. The number of nitrogens with zero attached hydrogens (tertiary/aromatic N) is 3. The maximum Gasteiger partial charge on any atom is 0.211 e. The Hall–Kier alpha value is -1.80. The van der Waals surface area contributed by atoms with Crippen molar-refractivity contribution in [2.75, 3.05) is 50.9 Å². The molecule has 1 atom stereocenters. The Morgan fingerprint density at radius 1 is 1.14 bits per heavy atom. The summed E-state index contributed by atoms with van der Waals surface area (Å²) in [5.74, 6) is 1.31. The van der Waals surface area contributed by atoms with Crippen molar-refractivity contribution in [3.63, 3.8) is 0 Å². The second-order valence-corrected chi connectivity index (χ2v) is 9.95. The number of rotatable bonds is 5. The number of benzene rings is 1. The molecule has 1 aromatic carbocycles. The zero-order valence-corrected chi connectivity index (χ0v) is 18.0. The first-order valence-corrected chi connectivity index (χ1v) is 11.9. The van der Waals surface area contributed by atoms with Gasteiger partial charge in [0.15, 0.2) is 5.96 Å². The summed E-state index contributed by atoms with van der Waals surface area (Å²) in [6, 6.07) is 9.07. The molecule has 2 N–H and O–H groups in total. The average molecular weight is 408 g/mol. The van der Waals surface area contributed by atoms with Crippen LogP contribution in [0, 0.1) is 12.8 Å². The van der Waals surface area contributed by atoms with Crippen molar-refractivity contribution in [2.45, 2.75) is 32.2 Å².